The molecule has 3 heterocycles. The fourth-order valence-electron chi connectivity index (χ4n) is 2.15. The monoisotopic (exact) mass is 215 g/mol. The molecule has 0 atom stereocenters. The Bertz CT molecular complexity index is 551. The predicted octanol–water partition coefficient (Wildman–Crippen LogP) is 0.429. The zero-order valence-corrected chi connectivity index (χ0v) is 9.14. The smallest absolute Gasteiger partial charge is 0.163 e. The fraction of sp³-hybridized carbons (Fsp3) is 0.364. The molecule has 0 aliphatic carbocycles. The molecule has 0 bridgehead atoms. The van der Waals surface area contributed by atoms with Gasteiger partial charge in [-0.25, -0.2) is 15.0 Å². The van der Waals surface area contributed by atoms with Crippen molar-refractivity contribution in [1.82, 2.24) is 19.9 Å². The van der Waals surface area contributed by atoms with Gasteiger partial charge in [0.1, 0.15) is 5.82 Å². The van der Waals surface area contributed by atoms with Crippen molar-refractivity contribution in [1.29, 1.82) is 0 Å². The van der Waals surface area contributed by atoms with Crippen molar-refractivity contribution in [3.05, 3.63) is 29.3 Å². The zero-order chi connectivity index (χ0) is 11.1. The van der Waals surface area contributed by atoms with Crippen LogP contribution in [0.15, 0.2) is 12.4 Å². The number of rotatable bonds is 1. The molecule has 2 aromatic heterocycles. The summed E-state index contributed by atoms with van der Waals surface area (Å²) in [6.07, 6.45) is 3.75. The van der Waals surface area contributed by atoms with E-state index in [0.717, 1.165) is 24.1 Å². The predicted molar refractivity (Wildman–Crippen MR) is 60.4 cm³/mol. The summed E-state index contributed by atoms with van der Waals surface area (Å²) >= 11 is 0. The van der Waals surface area contributed by atoms with Crippen LogP contribution in [0.4, 0.5) is 0 Å². The van der Waals surface area contributed by atoms with Crippen LogP contribution in [0.5, 0.6) is 0 Å². The molecule has 1 aliphatic heterocycles. The Morgan fingerprint density at radius 2 is 2.19 bits per heavy atom. The average Bonchev–Trinajstić information content (AvgIpc) is 2.69. The SMILES string of the molecule is CN1Cc2cnc3nc(CN)ncc3c2C1. The molecule has 2 aromatic rings. The second kappa shape index (κ2) is 3.47. The van der Waals surface area contributed by atoms with Gasteiger partial charge in [0.15, 0.2) is 5.65 Å². The maximum Gasteiger partial charge on any atom is 0.163 e. The van der Waals surface area contributed by atoms with Gasteiger partial charge in [0.25, 0.3) is 0 Å². The Morgan fingerprint density at radius 3 is 3.00 bits per heavy atom. The lowest BCUT2D eigenvalue weighted by molar-refractivity contribution is 0.353. The van der Waals surface area contributed by atoms with Crippen LogP contribution in [0.1, 0.15) is 17.0 Å². The second-order valence-corrected chi connectivity index (χ2v) is 4.16. The average molecular weight is 215 g/mol. The Balaban J connectivity index is 2.23. The number of nitrogens with two attached hydrogens (primary N) is 1. The van der Waals surface area contributed by atoms with Crippen molar-refractivity contribution in [2.24, 2.45) is 5.73 Å². The van der Waals surface area contributed by atoms with E-state index in [1.54, 1.807) is 0 Å². The first-order valence-electron chi connectivity index (χ1n) is 5.29. The molecular weight excluding hydrogens is 202 g/mol. The maximum atomic E-state index is 5.51. The first kappa shape index (κ1) is 9.62. The van der Waals surface area contributed by atoms with Crippen molar-refractivity contribution < 1.29 is 0 Å². The highest BCUT2D eigenvalue weighted by atomic mass is 15.1. The lowest BCUT2D eigenvalue weighted by atomic mass is 10.1. The van der Waals surface area contributed by atoms with Gasteiger partial charge in [-0.2, -0.15) is 0 Å². The van der Waals surface area contributed by atoms with Gasteiger partial charge in [-0.1, -0.05) is 0 Å². The van der Waals surface area contributed by atoms with Crippen LogP contribution >= 0.6 is 0 Å². The summed E-state index contributed by atoms with van der Waals surface area (Å²) in [7, 11) is 2.10. The Labute approximate surface area is 93.3 Å². The summed E-state index contributed by atoms with van der Waals surface area (Å²) in [4.78, 5) is 15.2. The van der Waals surface area contributed by atoms with E-state index in [1.165, 1.54) is 11.1 Å². The summed E-state index contributed by atoms with van der Waals surface area (Å²) in [5.41, 5.74) is 8.85. The van der Waals surface area contributed by atoms with Gasteiger partial charge >= 0.3 is 0 Å². The molecule has 0 fully saturated rings. The number of pyridine rings is 1. The molecule has 2 N–H and O–H groups in total. The van der Waals surface area contributed by atoms with Gasteiger partial charge in [0.2, 0.25) is 0 Å². The van der Waals surface area contributed by atoms with E-state index in [1.807, 2.05) is 12.4 Å². The Hall–Kier alpha value is -1.59. The summed E-state index contributed by atoms with van der Waals surface area (Å²) in [6, 6.07) is 0. The lowest BCUT2D eigenvalue weighted by Gasteiger charge is -2.04. The van der Waals surface area contributed by atoms with Crippen molar-refractivity contribution in [2.75, 3.05) is 7.05 Å². The molecule has 0 saturated carbocycles. The van der Waals surface area contributed by atoms with Crippen LogP contribution in [-0.2, 0) is 19.6 Å². The number of aromatic nitrogens is 3. The van der Waals surface area contributed by atoms with Gasteiger partial charge in [-0.05, 0) is 18.2 Å². The molecular formula is C11H13N5. The lowest BCUT2D eigenvalue weighted by Crippen LogP contribution is -2.07. The molecule has 0 radical (unpaired) electrons. The maximum absolute atomic E-state index is 5.51. The highest BCUT2D eigenvalue weighted by Crippen LogP contribution is 2.26. The summed E-state index contributed by atoms with van der Waals surface area (Å²) < 4.78 is 0. The third kappa shape index (κ3) is 1.36. The van der Waals surface area contributed by atoms with E-state index in [9.17, 15) is 0 Å². The van der Waals surface area contributed by atoms with E-state index in [4.69, 9.17) is 5.73 Å². The van der Waals surface area contributed by atoms with Crippen LogP contribution in [0.3, 0.4) is 0 Å². The number of hydrogen-bond acceptors (Lipinski definition) is 5. The molecule has 16 heavy (non-hydrogen) atoms. The van der Waals surface area contributed by atoms with Gasteiger partial charge in [-0.3, -0.25) is 4.90 Å². The molecule has 0 aromatic carbocycles. The van der Waals surface area contributed by atoms with Crippen LogP contribution in [0.2, 0.25) is 0 Å². The molecule has 0 spiro atoms. The highest BCUT2D eigenvalue weighted by molar-refractivity contribution is 5.79. The fourth-order valence-corrected chi connectivity index (χ4v) is 2.15. The molecule has 0 unspecified atom stereocenters. The molecule has 0 amide bonds. The topological polar surface area (TPSA) is 67.9 Å². The quantitative estimate of drug-likeness (QED) is 0.747. The van der Waals surface area contributed by atoms with Gasteiger partial charge < -0.3 is 5.73 Å². The standard InChI is InChI=1S/C11H13N5/c1-16-5-7-3-14-11-8(9(7)6-16)4-13-10(2-12)15-11/h3-4H,2,5-6,12H2,1H3. The molecule has 5 heteroatoms. The van der Waals surface area contributed by atoms with Crippen LogP contribution in [-0.4, -0.2) is 26.9 Å². The van der Waals surface area contributed by atoms with Crippen molar-refractivity contribution in [3.8, 4) is 0 Å². The molecule has 5 nitrogen and oxygen atoms in total. The van der Waals surface area contributed by atoms with Crippen molar-refractivity contribution >= 4 is 11.0 Å². The molecule has 82 valence electrons. The third-order valence-electron chi connectivity index (χ3n) is 2.92. The Morgan fingerprint density at radius 1 is 1.31 bits per heavy atom. The van der Waals surface area contributed by atoms with E-state index >= 15 is 0 Å². The summed E-state index contributed by atoms with van der Waals surface area (Å²) in [6.45, 7) is 2.26. The minimum Gasteiger partial charge on any atom is -0.324 e. The van der Waals surface area contributed by atoms with Crippen LogP contribution in [0.25, 0.3) is 11.0 Å². The molecule has 3 rings (SSSR count). The Kier molecular flexibility index (Phi) is 2.08. The van der Waals surface area contributed by atoms with E-state index < -0.39 is 0 Å². The summed E-state index contributed by atoms with van der Waals surface area (Å²) in [5.74, 6) is 0.645. The first-order valence-corrected chi connectivity index (χ1v) is 5.29. The minimum atomic E-state index is 0.356. The zero-order valence-electron chi connectivity index (χ0n) is 9.14. The van der Waals surface area contributed by atoms with E-state index in [-0.39, 0.29) is 0 Å². The van der Waals surface area contributed by atoms with Crippen molar-refractivity contribution in [2.45, 2.75) is 19.6 Å². The van der Waals surface area contributed by atoms with Crippen LogP contribution in [0, 0.1) is 0 Å². The second-order valence-electron chi connectivity index (χ2n) is 4.16. The first-order chi connectivity index (χ1) is 7.78. The highest BCUT2D eigenvalue weighted by Gasteiger charge is 2.19. The molecule has 0 saturated heterocycles. The van der Waals surface area contributed by atoms with E-state index in [0.29, 0.717) is 12.4 Å². The van der Waals surface area contributed by atoms with Crippen molar-refractivity contribution in [3.63, 3.8) is 0 Å². The normalized spacial score (nSPS) is 15.6. The minimum absolute atomic E-state index is 0.356. The van der Waals surface area contributed by atoms with Crippen LogP contribution < -0.4 is 5.73 Å². The number of fused-ring (bicyclic) bond motifs is 3. The van der Waals surface area contributed by atoms with Gasteiger partial charge in [0, 0.05) is 30.9 Å². The third-order valence-corrected chi connectivity index (χ3v) is 2.92. The van der Waals surface area contributed by atoms with Gasteiger partial charge in [0.05, 0.1) is 6.54 Å². The largest absolute Gasteiger partial charge is 0.324 e. The van der Waals surface area contributed by atoms with E-state index in [2.05, 4.69) is 26.9 Å². The van der Waals surface area contributed by atoms with Gasteiger partial charge in [-0.15, -0.1) is 0 Å². The summed E-state index contributed by atoms with van der Waals surface area (Å²) in [5, 5.41) is 1.05. The molecule has 1 aliphatic rings. The number of nitrogens with zero attached hydrogens (tertiary/aromatic N) is 4. The number of hydrogen-bond donors (Lipinski definition) is 1.